The zero-order valence-electron chi connectivity index (χ0n) is 15.2. The molecule has 0 spiro atoms. The number of piperazine rings is 2. The molecule has 2 fully saturated rings. The largest absolute Gasteiger partial charge is 0.369 e. The SMILES string of the molecule is C=O.c1cc(N2CCNCC2)ccn1.c1cc(N2CCNCC2)ccn1. The smallest absolute Gasteiger partial charge is 0.106 e. The highest BCUT2D eigenvalue weighted by Gasteiger charge is 2.09. The molecule has 7 nitrogen and oxygen atoms in total. The van der Waals surface area contributed by atoms with E-state index >= 15 is 0 Å². The molecule has 7 heteroatoms. The lowest BCUT2D eigenvalue weighted by molar-refractivity contribution is -0.0979. The van der Waals surface area contributed by atoms with Crippen LogP contribution in [0.4, 0.5) is 11.4 Å². The molecule has 0 radical (unpaired) electrons. The third-order valence-electron chi connectivity index (χ3n) is 4.29. The molecule has 4 heterocycles. The average Bonchev–Trinajstić information content (AvgIpc) is 2.78. The van der Waals surface area contributed by atoms with Crippen LogP contribution < -0.4 is 20.4 Å². The number of nitrogens with zero attached hydrogens (tertiary/aromatic N) is 4. The van der Waals surface area contributed by atoms with Crippen LogP contribution in [0.5, 0.6) is 0 Å². The normalized spacial score (nSPS) is 16.6. The molecule has 2 saturated heterocycles. The summed E-state index contributed by atoms with van der Waals surface area (Å²) in [5, 5.41) is 6.65. The third kappa shape index (κ3) is 6.42. The molecule has 0 bridgehead atoms. The predicted octanol–water partition coefficient (Wildman–Crippen LogP) is 0.798. The van der Waals surface area contributed by atoms with E-state index < -0.39 is 0 Å². The lowest BCUT2D eigenvalue weighted by Gasteiger charge is -2.29. The highest BCUT2D eigenvalue weighted by atomic mass is 16.1. The molecule has 0 unspecified atom stereocenters. The van der Waals surface area contributed by atoms with Crippen LogP contribution in [0.2, 0.25) is 0 Å². The Morgan fingerprint density at radius 3 is 1.27 bits per heavy atom. The van der Waals surface area contributed by atoms with Gasteiger partial charge >= 0.3 is 0 Å². The van der Waals surface area contributed by atoms with Crippen molar-refractivity contribution in [3.8, 4) is 0 Å². The van der Waals surface area contributed by atoms with E-state index in [1.807, 2.05) is 31.6 Å². The van der Waals surface area contributed by atoms with Gasteiger partial charge in [0.25, 0.3) is 0 Å². The monoisotopic (exact) mass is 356 g/mol. The summed E-state index contributed by atoms with van der Waals surface area (Å²) in [4.78, 5) is 20.7. The van der Waals surface area contributed by atoms with Gasteiger partial charge in [-0.05, 0) is 24.3 Å². The van der Waals surface area contributed by atoms with Gasteiger partial charge in [0.15, 0.2) is 0 Å². The number of aromatic nitrogens is 2. The Balaban J connectivity index is 0.000000171. The number of nitrogens with one attached hydrogen (secondary N) is 2. The van der Waals surface area contributed by atoms with E-state index in [0.29, 0.717) is 0 Å². The first-order valence-electron chi connectivity index (χ1n) is 8.94. The summed E-state index contributed by atoms with van der Waals surface area (Å²) in [7, 11) is 0. The fourth-order valence-corrected chi connectivity index (χ4v) is 2.96. The van der Waals surface area contributed by atoms with E-state index in [1.165, 1.54) is 11.4 Å². The fourth-order valence-electron chi connectivity index (χ4n) is 2.96. The van der Waals surface area contributed by atoms with E-state index in [1.54, 1.807) is 0 Å². The summed E-state index contributed by atoms with van der Waals surface area (Å²) in [6.45, 7) is 10.7. The van der Waals surface area contributed by atoms with Gasteiger partial charge in [-0.2, -0.15) is 0 Å². The molecule has 140 valence electrons. The van der Waals surface area contributed by atoms with Gasteiger partial charge in [-0.3, -0.25) is 9.97 Å². The first kappa shape index (κ1) is 19.8. The van der Waals surface area contributed by atoms with E-state index in [0.717, 1.165) is 52.4 Å². The summed E-state index contributed by atoms with van der Waals surface area (Å²) in [5.41, 5.74) is 2.57. The lowest BCUT2D eigenvalue weighted by atomic mass is 10.3. The molecule has 26 heavy (non-hydrogen) atoms. The first-order chi connectivity index (χ1) is 12.9. The van der Waals surface area contributed by atoms with Crippen molar-refractivity contribution in [2.24, 2.45) is 0 Å². The van der Waals surface area contributed by atoms with E-state index in [9.17, 15) is 0 Å². The summed E-state index contributed by atoms with van der Waals surface area (Å²) in [6, 6.07) is 8.24. The molecular formula is C19H28N6O. The van der Waals surface area contributed by atoms with Crippen LogP contribution in [0.3, 0.4) is 0 Å². The molecule has 0 saturated carbocycles. The summed E-state index contributed by atoms with van der Waals surface area (Å²) in [5.74, 6) is 0. The maximum Gasteiger partial charge on any atom is 0.106 e. The Bertz CT molecular complexity index is 532. The maximum atomic E-state index is 8.00. The van der Waals surface area contributed by atoms with Gasteiger partial charge in [0.2, 0.25) is 0 Å². The topological polar surface area (TPSA) is 73.4 Å². The average molecular weight is 356 g/mol. The standard InChI is InChI=1S/2C9H13N3.CH2O/c2*1-3-10-4-2-9(1)12-7-5-11-6-8-12;1-2/h2*1-4,11H,5-8H2;1H2. The predicted molar refractivity (Wildman–Crippen MR) is 106 cm³/mol. The van der Waals surface area contributed by atoms with Gasteiger partial charge in [0.1, 0.15) is 6.79 Å². The van der Waals surface area contributed by atoms with E-state index in [-0.39, 0.29) is 0 Å². The van der Waals surface area contributed by atoms with Crippen molar-refractivity contribution in [2.45, 2.75) is 0 Å². The number of rotatable bonds is 2. The Kier molecular flexibility index (Phi) is 9.10. The van der Waals surface area contributed by atoms with Gasteiger partial charge < -0.3 is 25.2 Å². The molecule has 2 aliphatic rings. The maximum absolute atomic E-state index is 8.00. The second-order valence-electron chi connectivity index (χ2n) is 5.88. The quantitative estimate of drug-likeness (QED) is 0.824. The van der Waals surface area contributed by atoms with Crippen molar-refractivity contribution in [1.29, 1.82) is 0 Å². The Morgan fingerprint density at radius 2 is 0.962 bits per heavy atom. The molecule has 0 aromatic carbocycles. The minimum Gasteiger partial charge on any atom is -0.369 e. The number of hydrogen-bond donors (Lipinski definition) is 2. The highest BCUT2D eigenvalue weighted by molar-refractivity contribution is 5.45. The molecule has 0 aliphatic carbocycles. The Morgan fingerprint density at radius 1 is 0.654 bits per heavy atom. The van der Waals surface area contributed by atoms with Crippen LogP contribution >= 0.6 is 0 Å². The second kappa shape index (κ2) is 11.9. The zero-order valence-corrected chi connectivity index (χ0v) is 15.2. The van der Waals surface area contributed by atoms with Gasteiger partial charge in [-0.15, -0.1) is 0 Å². The second-order valence-corrected chi connectivity index (χ2v) is 5.88. The van der Waals surface area contributed by atoms with Crippen LogP contribution in [0, 0.1) is 0 Å². The van der Waals surface area contributed by atoms with Crippen LogP contribution in [0.1, 0.15) is 0 Å². The van der Waals surface area contributed by atoms with Crippen LogP contribution in [-0.2, 0) is 4.79 Å². The molecule has 2 aromatic rings. The van der Waals surface area contributed by atoms with Gasteiger partial charge in [0.05, 0.1) is 0 Å². The minimum absolute atomic E-state index is 1.09. The summed E-state index contributed by atoms with van der Waals surface area (Å²) >= 11 is 0. The van der Waals surface area contributed by atoms with E-state index in [4.69, 9.17) is 4.79 Å². The van der Waals surface area contributed by atoms with Crippen molar-refractivity contribution in [3.05, 3.63) is 49.1 Å². The van der Waals surface area contributed by atoms with Crippen LogP contribution in [0.15, 0.2) is 49.1 Å². The molecule has 2 N–H and O–H groups in total. The van der Waals surface area contributed by atoms with Gasteiger partial charge in [0, 0.05) is 88.5 Å². The van der Waals surface area contributed by atoms with Crippen molar-refractivity contribution in [2.75, 3.05) is 62.2 Å². The fraction of sp³-hybridized carbons (Fsp3) is 0.421. The number of carbonyl (C=O) groups is 1. The number of hydrogen-bond acceptors (Lipinski definition) is 7. The van der Waals surface area contributed by atoms with Crippen LogP contribution in [0.25, 0.3) is 0 Å². The third-order valence-corrected chi connectivity index (χ3v) is 4.29. The molecular weight excluding hydrogens is 328 g/mol. The summed E-state index contributed by atoms with van der Waals surface area (Å²) in [6.07, 6.45) is 7.38. The van der Waals surface area contributed by atoms with Crippen molar-refractivity contribution in [3.63, 3.8) is 0 Å². The molecule has 2 aliphatic heterocycles. The van der Waals surface area contributed by atoms with E-state index in [2.05, 4.69) is 54.7 Å². The lowest BCUT2D eigenvalue weighted by Crippen LogP contribution is -2.43. The Labute approximate surface area is 155 Å². The Hall–Kier alpha value is -2.51. The first-order valence-corrected chi connectivity index (χ1v) is 8.94. The zero-order chi connectivity index (χ0) is 18.5. The number of pyridine rings is 2. The van der Waals surface area contributed by atoms with Crippen molar-refractivity contribution >= 4 is 18.2 Å². The molecule has 0 atom stereocenters. The van der Waals surface area contributed by atoms with Crippen molar-refractivity contribution in [1.82, 2.24) is 20.6 Å². The number of carbonyl (C=O) groups excluding carboxylic acids is 1. The molecule has 0 amide bonds. The molecule has 2 aromatic heterocycles. The molecule has 4 rings (SSSR count). The van der Waals surface area contributed by atoms with Gasteiger partial charge in [-0.25, -0.2) is 0 Å². The van der Waals surface area contributed by atoms with Crippen molar-refractivity contribution < 1.29 is 4.79 Å². The summed E-state index contributed by atoms with van der Waals surface area (Å²) < 4.78 is 0. The van der Waals surface area contributed by atoms with Gasteiger partial charge in [-0.1, -0.05) is 0 Å². The minimum atomic E-state index is 1.09. The van der Waals surface area contributed by atoms with Crippen LogP contribution in [-0.4, -0.2) is 69.1 Å². The highest BCUT2D eigenvalue weighted by Crippen LogP contribution is 2.12. The number of anilines is 2.